The second-order valence-corrected chi connectivity index (χ2v) is 8.24. The third-order valence-electron chi connectivity index (χ3n) is 2.80. The Balaban J connectivity index is 2.57. The lowest BCUT2D eigenvalue weighted by Gasteiger charge is -2.26. The predicted molar refractivity (Wildman–Crippen MR) is 83.3 cm³/mol. The second-order valence-electron chi connectivity index (χ2n) is 5.48. The maximum absolute atomic E-state index is 12.1. The van der Waals surface area contributed by atoms with E-state index >= 15 is 0 Å². The number of aliphatic hydroxyl groups excluding tert-OH is 1. The van der Waals surface area contributed by atoms with Gasteiger partial charge in [-0.05, 0) is 37.6 Å². The van der Waals surface area contributed by atoms with Crippen LogP contribution in [-0.2, 0) is 25.7 Å². The number of ether oxygens (including phenoxy) is 2. The standard InChI is InChI=1S/C14H19BrO5S/c1-13(2,15)11(17)20-9-14(3,8-16)12(18)19-6-10-4-5-21-7-10/h4-5,7,16H,6,8-9H2,1-3H3. The van der Waals surface area contributed by atoms with E-state index in [1.165, 1.54) is 18.3 Å². The number of hydrogen-bond donors (Lipinski definition) is 1. The first-order chi connectivity index (χ1) is 9.69. The predicted octanol–water partition coefficient (Wildman–Crippen LogP) is 2.51. The molecule has 21 heavy (non-hydrogen) atoms. The number of thiophene rings is 1. The molecule has 1 aromatic rings. The van der Waals surface area contributed by atoms with Gasteiger partial charge in [0.1, 0.15) is 23.0 Å². The Kier molecular flexibility index (Phi) is 6.37. The molecule has 0 amide bonds. The van der Waals surface area contributed by atoms with Gasteiger partial charge in [0.2, 0.25) is 0 Å². The van der Waals surface area contributed by atoms with Gasteiger partial charge < -0.3 is 14.6 Å². The zero-order valence-corrected chi connectivity index (χ0v) is 14.6. The van der Waals surface area contributed by atoms with Gasteiger partial charge in [-0.15, -0.1) is 0 Å². The summed E-state index contributed by atoms with van der Waals surface area (Å²) in [6.07, 6.45) is 0. The fourth-order valence-electron chi connectivity index (χ4n) is 1.26. The summed E-state index contributed by atoms with van der Waals surface area (Å²) >= 11 is 4.68. The molecule has 5 nitrogen and oxygen atoms in total. The minimum atomic E-state index is -1.27. The number of aliphatic hydroxyl groups is 1. The van der Waals surface area contributed by atoms with E-state index in [-0.39, 0.29) is 13.2 Å². The van der Waals surface area contributed by atoms with Gasteiger partial charge in [-0.1, -0.05) is 15.9 Å². The molecule has 0 radical (unpaired) electrons. The van der Waals surface area contributed by atoms with Crippen molar-refractivity contribution in [2.24, 2.45) is 5.41 Å². The van der Waals surface area contributed by atoms with E-state index in [1.54, 1.807) is 13.8 Å². The van der Waals surface area contributed by atoms with Crippen molar-refractivity contribution in [2.45, 2.75) is 31.7 Å². The molecule has 0 saturated carbocycles. The van der Waals surface area contributed by atoms with Crippen LogP contribution in [0.1, 0.15) is 26.3 Å². The van der Waals surface area contributed by atoms with Crippen LogP contribution in [0.5, 0.6) is 0 Å². The van der Waals surface area contributed by atoms with Gasteiger partial charge in [0.15, 0.2) is 0 Å². The molecule has 0 saturated heterocycles. The van der Waals surface area contributed by atoms with Crippen LogP contribution in [0.3, 0.4) is 0 Å². The number of carbonyl (C=O) groups is 2. The Morgan fingerprint density at radius 1 is 1.29 bits per heavy atom. The summed E-state index contributed by atoms with van der Waals surface area (Å²) in [5.74, 6) is -1.11. The minimum Gasteiger partial charge on any atom is -0.463 e. The zero-order valence-electron chi connectivity index (χ0n) is 12.2. The first-order valence-electron chi connectivity index (χ1n) is 6.34. The summed E-state index contributed by atoms with van der Waals surface area (Å²) < 4.78 is 9.40. The molecule has 0 aliphatic heterocycles. The Morgan fingerprint density at radius 3 is 2.43 bits per heavy atom. The first kappa shape index (κ1) is 18.1. The summed E-state index contributed by atoms with van der Waals surface area (Å²) in [5, 5.41) is 13.2. The van der Waals surface area contributed by atoms with Crippen LogP contribution >= 0.6 is 27.3 Å². The molecule has 0 aliphatic carbocycles. The smallest absolute Gasteiger partial charge is 0.322 e. The Morgan fingerprint density at radius 2 is 1.95 bits per heavy atom. The zero-order chi connectivity index (χ0) is 16.1. The van der Waals surface area contributed by atoms with Crippen molar-refractivity contribution in [2.75, 3.05) is 13.2 Å². The van der Waals surface area contributed by atoms with Crippen LogP contribution < -0.4 is 0 Å². The Labute approximate surface area is 136 Å². The van der Waals surface area contributed by atoms with Gasteiger partial charge in [-0.2, -0.15) is 11.3 Å². The summed E-state index contributed by atoms with van der Waals surface area (Å²) in [5.41, 5.74) is -0.392. The maximum Gasteiger partial charge on any atom is 0.322 e. The second kappa shape index (κ2) is 7.38. The average molecular weight is 379 g/mol. The molecule has 7 heteroatoms. The summed E-state index contributed by atoms with van der Waals surface area (Å²) in [7, 11) is 0. The van der Waals surface area contributed by atoms with Crippen LogP contribution in [-0.4, -0.2) is 34.6 Å². The molecule has 0 spiro atoms. The summed E-state index contributed by atoms with van der Waals surface area (Å²) in [4.78, 5) is 23.8. The Hall–Kier alpha value is -0.920. The van der Waals surface area contributed by atoms with Gasteiger partial charge in [0, 0.05) is 5.56 Å². The summed E-state index contributed by atoms with van der Waals surface area (Å²) in [6.45, 7) is 4.21. The van der Waals surface area contributed by atoms with Crippen LogP contribution in [0.25, 0.3) is 0 Å². The molecule has 0 fully saturated rings. The summed E-state index contributed by atoms with van der Waals surface area (Å²) in [6, 6.07) is 1.85. The number of alkyl halides is 1. The molecule has 1 aromatic heterocycles. The van der Waals surface area contributed by atoms with Gasteiger partial charge >= 0.3 is 11.9 Å². The molecule has 1 heterocycles. The highest BCUT2D eigenvalue weighted by molar-refractivity contribution is 9.10. The molecule has 1 atom stereocenters. The monoisotopic (exact) mass is 378 g/mol. The van der Waals surface area contributed by atoms with Crippen LogP contribution in [0.4, 0.5) is 0 Å². The molecule has 118 valence electrons. The molecule has 1 rings (SSSR count). The molecular weight excluding hydrogens is 360 g/mol. The van der Waals surface area contributed by atoms with Crippen LogP contribution in [0.2, 0.25) is 0 Å². The maximum atomic E-state index is 12.1. The topological polar surface area (TPSA) is 72.8 Å². The third kappa shape index (κ3) is 5.41. The van der Waals surface area contributed by atoms with E-state index < -0.39 is 28.3 Å². The highest BCUT2D eigenvalue weighted by Crippen LogP contribution is 2.23. The lowest BCUT2D eigenvalue weighted by Crippen LogP contribution is -2.40. The number of rotatable bonds is 7. The van der Waals surface area contributed by atoms with Gasteiger partial charge in [-0.3, -0.25) is 9.59 Å². The largest absolute Gasteiger partial charge is 0.463 e. The fourth-order valence-corrected chi connectivity index (χ4v) is 2.03. The van der Waals surface area contributed by atoms with Crippen LogP contribution in [0, 0.1) is 5.41 Å². The van der Waals surface area contributed by atoms with Crippen LogP contribution in [0.15, 0.2) is 16.8 Å². The lowest BCUT2D eigenvalue weighted by molar-refractivity contribution is -0.167. The first-order valence-corrected chi connectivity index (χ1v) is 8.08. The third-order valence-corrected chi connectivity index (χ3v) is 3.85. The number of carbonyl (C=O) groups excluding carboxylic acids is 2. The SMILES string of the molecule is CC(C)(Br)C(=O)OCC(C)(CO)C(=O)OCc1ccsc1. The van der Waals surface area contributed by atoms with E-state index in [2.05, 4.69) is 15.9 Å². The molecular formula is C14H19BrO5S. The average Bonchev–Trinajstić information content (AvgIpc) is 2.93. The molecule has 0 bridgehead atoms. The van der Waals surface area contributed by atoms with E-state index in [0.717, 1.165) is 5.56 Å². The molecule has 1 unspecified atom stereocenters. The number of hydrogen-bond acceptors (Lipinski definition) is 6. The molecule has 0 aromatic carbocycles. The normalized spacial score (nSPS) is 14.3. The molecule has 0 aliphatic rings. The Bertz CT molecular complexity index is 480. The van der Waals surface area contributed by atoms with E-state index in [1.807, 2.05) is 16.8 Å². The quantitative estimate of drug-likeness (QED) is 0.582. The van der Waals surface area contributed by atoms with Crippen molar-refractivity contribution in [1.29, 1.82) is 0 Å². The lowest BCUT2D eigenvalue weighted by atomic mass is 9.93. The van der Waals surface area contributed by atoms with Gasteiger partial charge in [-0.25, -0.2) is 0 Å². The van der Waals surface area contributed by atoms with Crippen molar-refractivity contribution in [1.82, 2.24) is 0 Å². The van der Waals surface area contributed by atoms with E-state index in [9.17, 15) is 14.7 Å². The van der Waals surface area contributed by atoms with Crippen molar-refractivity contribution >= 4 is 39.2 Å². The van der Waals surface area contributed by atoms with Crippen molar-refractivity contribution < 1.29 is 24.2 Å². The van der Waals surface area contributed by atoms with Crippen molar-refractivity contribution in [3.63, 3.8) is 0 Å². The van der Waals surface area contributed by atoms with E-state index in [4.69, 9.17) is 9.47 Å². The van der Waals surface area contributed by atoms with Gasteiger partial charge in [0.05, 0.1) is 6.61 Å². The number of esters is 2. The van der Waals surface area contributed by atoms with Crippen molar-refractivity contribution in [3.05, 3.63) is 22.4 Å². The number of halogens is 1. The van der Waals surface area contributed by atoms with Crippen molar-refractivity contribution in [3.8, 4) is 0 Å². The van der Waals surface area contributed by atoms with E-state index in [0.29, 0.717) is 0 Å². The minimum absolute atomic E-state index is 0.135. The highest BCUT2D eigenvalue weighted by atomic mass is 79.9. The highest BCUT2D eigenvalue weighted by Gasteiger charge is 2.38. The molecule has 1 N–H and O–H groups in total. The van der Waals surface area contributed by atoms with Gasteiger partial charge in [0.25, 0.3) is 0 Å². The fraction of sp³-hybridized carbons (Fsp3) is 0.571.